The third-order valence-electron chi connectivity index (χ3n) is 2.48. The molecule has 0 fully saturated rings. The van der Waals surface area contributed by atoms with Crippen molar-refractivity contribution in [3.63, 3.8) is 0 Å². The first-order chi connectivity index (χ1) is 8.58. The first kappa shape index (κ1) is 13.1. The van der Waals surface area contributed by atoms with Crippen LogP contribution in [-0.2, 0) is 0 Å². The molecule has 18 heavy (non-hydrogen) atoms. The van der Waals surface area contributed by atoms with Crippen molar-refractivity contribution in [2.75, 3.05) is 0 Å². The average molecular weight is 311 g/mol. The van der Waals surface area contributed by atoms with Crippen LogP contribution in [0, 0.1) is 5.82 Å². The monoisotopic (exact) mass is 310 g/mol. The van der Waals surface area contributed by atoms with Gasteiger partial charge in [-0.25, -0.2) is 4.39 Å². The summed E-state index contributed by atoms with van der Waals surface area (Å²) in [6, 6.07) is 11.5. The summed E-state index contributed by atoms with van der Waals surface area (Å²) >= 11 is 3.26. The van der Waals surface area contributed by atoms with Crippen LogP contribution in [0.5, 0.6) is 11.5 Å². The van der Waals surface area contributed by atoms with Crippen LogP contribution in [0.15, 0.2) is 46.9 Å². The van der Waals surface area contributed by atoms with Crippen LogP contribution < -0.4 is 4.74 Å². The molecule has 2 rings (SSSR count). The molecule has 0 saturated heterocycles. The minimum absolute atomic E-state index is 0.123. The molecule has 0 heterocycles. The number of hydrogen-bond acceptors (Lipinski definition) is 2. The molecule has 0 aliphatic heterocycles. The van der Waals surface area contributed by atoms with E-state index in [1.54, 1.807) is 43.3 Å². The Morgan fingerprint density at radius 3 is 2.61 bits per heavy atom. The Morgan fingerprint density at radius 2 is 1.89 bits per heavy atom. The van der Waals surface area contributed by atoms with Gasteiger partial charge < -0.3 is 9.84 Å². The molecule has 1 atom stereocenters. The van der Waals surface area contributed by atoms with Crippen molar-refractivity contribution in [3.8, 4) is 11.5 Å². The van der Waals surface area contributed by atoms with E-state index < -0.39 is 11.9 Å². The number of ether oxygens (including phenoxy) is 1. The Labute approximate surface area is 113 Å². The lowest BCUT2D eigenvalue weighted by Crippen LogP contribution is -1.96. The fourth-order valence-corrected chi connectivity index (χ4v) is 1.93. The molecule has 0 aliphatic carbocycles. The van der Waals surface area contributed by atoms with Crippen LogP contribution in [0.25, 0.3) is 0 Å². The Bertz CT molecular complexity index is 555. The van der Waals surface area contributed by atoms with Crippen molar-refractivity contribution in [3.05, 3.63) is 58.3 Å². The number of aliphatic hydroxyl groups is 1. The van der Waals surface area contributed by atoms with Crippen molar-refractivity contribution in [2.45, 2.75) is 13.0 Å². The fourth-order valence-electron chi connectivity index (χ4n) is 1.59. The molecule has 0 radical (unpaired) electrons. The van der Waals surface area contributed by atoms with E-state index in [0.29, 0.717) is 11.3 Å². The minimum Gasteiger partial charge on any atom is -0.454 e. The highest BCUT2D eigenvalue weighted by Gasteiger charge is 2.11. The van der Waals surface area contributed by atoms with E-state index >= 15 is 0 Å². The van der Waals surface area contributed by atoms with Crippen LogP contribution in [0.3, 0.4) is 0 Å². The van der Waals surface area contributed by atoms with Gasteiger partial charge in [-0.2, -0.15) is 0 Å². The van der Waals surface area contributed by atoms with Gasteiger partial charge in [-0.3, -0.25) is 0 Å². The Morgan fingerprint density at radius 1 is 1.17 bits per heavy atom. The van der Waals surface area contributed by atoms with Crippen LogP contribution in [-0.4, -0.2) is 5.11 Å². The van der Waals surface area contributed by atoms with Crippen molar-refractivity contribution in [1.82, 2.24) is 0 Å². The highest BCUT2D eigenvalue weighted by Crippen LogP contribution is 2.32. The summed E-state index contributed by atoms with van der Waals surface area (Å²) < 4.78 is 19.8. The molecule has 1 N–H and O–H groups in total. The molecule has 0 aliphatic rings. The lowest BCUT2D eigenvalue weighted by Gasteiger charge is -2.13. The van der Waals surface area contributed by atoms with Crippen molar-refractivity contribution < 1.29 is 14.2 Å². The summed E-state index contributed by atoms with van der Waals surface area (Å²) in [5.41, 5.74) is 0.622. The van der Waals surface area contributed by atoms with Crippen LogP contribution in [0.4, 0.5) is 4.39 Å². The van der Waals surface area contributed by atoms with Gasteiger partial charge in [0.15, 0.2) is 11.6 Å². The topological polar surface area (TPSA) is 29.5 Å². The molecule has 0 amide bonds. The average Bonchev–Trinajstić information content (AvgIpc) is 2.34. The van der Waals surface area contributed by atoms with Gasteiger partial charge in [0.1, 0.15) is 5.75 Å². The first-order valence-electron chi connectivity index (χ1n) is 5.48. The molecule has 0 spiro atoms. The third kappa shape index (κ3) is 2.89. The highest BCUT2D eigenvalue weighted by atomic mass is 79.9. The van der Waals surface area contributed by atoms with Crippen molar-refractivity contribution >= 4 is 15.9 Å². The lowest BCUT2D eigenvalue weighted by atomic mass is 10.1. The van der Waals surface area contributed by atoms with E-state index in [9.17, 15) is 9.50 Å². The summed E-state index contributed by atoms with van der Waals surface area (Å²) in [7, 11) is 0. The summed E-state index contributed by atoms with van der Waals surface area (Å²) in [4.78, 5) is 0. The van der Waals surface area contributed by atoms with Gasteiger partial charge >= 0.3 is 0 Å². The maximum absolute atomic E-state index is 13.6. The van der Waals surface area contributed by atoms with E-state index in [-0.39, 0.29) is 5.75 Å². The van der Waals surface area contributed by atoms with Gasteiger partial charge in [0.05, 0.1) is 6.10 Å². The van der Waals surface area contributed by atoms with Gasteiger partial charge in [0, 0.05) is 10.0 Å². The third-order valence-corrected chi connectivity index (χ3v) is 2.98. The largest absolute Gasteiger partial charge is 0.454 e. The van der Waals surface area contributed by atoms with Crippen molar-refractivity contribution in [2.24, 2.45) is 0 Å². The van der Waals surface area contributed by atoms with E-state index in [1.165, 1.54) is 6.07 Å². The summed E-state index contributed by atoms with van der Waals surface area (Å²) in [6.45, 7) is 1.64. The molecule has 0 saturated carbocycles. The Balaban J connectivity index is 2.37. The predicted molar refractivity (Wildman–Crippen MR) is 71.2 cm³/mol. The van der Waals surface area contributed by atoms with Gasteiger partial charge in [-0.05, 0) is 31.2 Å². The van der Waals surface area contributed by atoms with Gasteiger partial charge in [-0.1, -0.05) is 34.1 Å². The molecule has 2 nitrogen and oxygen atoms in total. The van der Waals surface area contributed by atoms with Gasteiger partial charge in [-0.15, -0.1) is 0 Å². The van der Waals surface area contributed by atoms with Crippen LogP contribution >= 0.6 is 15.9 Å². The Hall–Kier alpha value is -1.39. The molecule has 2 aromatic carbocycles. The minimum atomic E-state index is -0.670. The second-order valence-electron chi connectivity index (χ2n) is 3.89. The van der Waals surface area contributed by atoms with Gasteiger partial charge in [0.25, 0.3) is 0 Å². The molecule has 4 heteroatoms. The highest BCUT2D eigenvalue weighted by molar-refractivity contribution is 9.10. The zero-order chi connectivity index (χ0) is 13.1. The van der Waals surface area contributed by atoms with Crippen LogP contribution in [0.1, 0.15) is 18.6 Å². The smallest absolute Gasteiger partial charge is 0.165 e. The van der Waals surface area contributed by atoms with E-state index in [2.05, 4.69) is 15.9 Å². The SMILES string of the molecule is C[C@@H](O)c1ccccc1Oc1cc(Br)ccc1F. The molecule has 0 bridgehead atoms. The number of para-hydroxylation sites is 1. The fraction of sp³-hybridized carbons (Fsp3) is 0.143. The van der Waals surface area contributed by atoms with Gasteiger partial charge in [0.2, 0.25) is 0 Å². The standard InChI is InChI=1S/C14H12BrFO2/c1-9(17)11-4-2-3-5-13(11)18-14-8-10(15)6-7-12(14)16/h2-9,17H,1H3/t9-/m1/s1. The number of rotatable bonds is 3. The van der Waals surface area contributed by atoms with E-state index in [1.807, 2.05) is 0 Å². The molecule has 94 valence electrons. The van der Waals surface area contributed by atoms with E-state index in [0.717, 1.165) is 4.47 Å². The molecule has 0 aromatic heterocycles. The molecular formula is C14H12BrFO2. The molecule has 0 unspecified atom stereocenters. The number of aliphatic hydroxyl groups excluding tert-OH is 1. The number of hydrogen-bond donors (Lipinski definition) is 1. The second kappa shape index (κ2) is 5.50. The zero-order valence-corrected chi connectivity index (χ0v) is 11.3. The van der Waals surface area contributed by atoms with Crippen LogP contribution in [0.2, 0.25) is 0 Å². The quantitative estimate of drug-likeness (QED) is 0.908. The summed E-state index contributed by atoms with van der Waals surface area (Å²) in [5, 5.41) is 9.62. The number of benzene rings is 2. The first-order valence-corrected chi connectivity index (χ1v) is 6.27. The predicted octanol–water partition coefficient (Wildman–Crippen LogP) is 4.43. The maximum atomic E-state index is 13.6. The summed E-state index contributed by atoms with van der Waals surface area (Å²) in [6.07, 6.45) is -0.670. The normalized spacial score (nSPS) is 12.2. The number of halogens is 2. The zero-order valence-electron chi connectivity index (χ0n) is 9.73. The molecule has 2 aromatic rings. The second-order valence-corrected chi connectivity index (χ2v) is 4.81. The van der Waals surface area contributed by atoms with Crippen molar-refractivity contribution in [1.29, 1.82) is 0 Å². The van der Waals surface area contributed by atoms with E-state index in [4.69, 9.17) is 4.74 Å². The summed E-state index contributed by atoms with van der Waals surface area (Å²) in [5.74, 6) is 0.126. The lowest BCUT2D eigenvalue weighted by molar-refractivity contribution is 0.195. The molecular weight excluding hydrogens is 299 g/mol. The maximum Gasteiger partial charge on any atom is 0.165 e. The Kier molecular flexibility index (Phi) is 3.99.